The van der Waals surface area contributed by atoms with Crippen LogP contribution in [-0.2, 0) is 0 Å². The van der Waals surface area contributed by atoms with E-state index in [2.05, 4.69) is 21.8 Å². The van der Waals surface area contributed by atoms with E-state index >= 15 is 0 Å². The molecular formula is C15H23N3OS. The molecule has 3 heterocycles. The molecule has 1 aromatic rings. The van der Waals surface area contributed by atoms with Gasteiger partial charge in [0.2, 0.25) is 0 Å². The van der Waals surface area contributed by atoms with Gasteiger partial charge in [-0.15, -0.1) is 11.3 Å². The topological polar surface area (TPSA) is 36.4 Å². The van der Waals surface area contributed by atoms with Gasteiger partial charge in [0.25, 0.3) is 5.91 Å². The van der Waals surface area contributed by atoms with Crippen LogP contribution < -0.4 is 0 Å². The van der Waals surface area contributed by atoms with Gasteiger partial charge in [-0.2, -0.15) is 0 Å². The average Bonchev–Trinajstić information content (AvgIpc) is 3.08. The summed E-state index contributed by atoms with van der Waals surface area (Å²) in [7, 11) is 2.20. The Kier molecular flexibility index (Phi) is 3.82. The van der Waals surface area contributed by atoms with Crippen LogP contribution in [0.3, 0.4) is 0 Å². The van der Waals surface area contributed by atoms with E-state index in [0.29, 0.717) is 12.1 Å². The molecule has 4 nitrogen and oxygen atoms in total. The van der Waals surface area contributed by atoms with Crippen LogP contribution in [0.2, 0.25) is 0 Å². The molecule has 3 rings (SSSR count). The maximum Gasteiger partial charge on any atom is 0.266 e. The molecule has 110 valence electrons. The normalized spacial score (nSPS) is 27.4. The quantitative estimate of drug-likeness (QED) is 0.840. The molecule has 0 aromatic carbocycles. The highest BCUT2D eigenvalue weighted by molar-refractivity contribution is 7.13. The zero-order valence-corrected chi connectivity index (χ0v) is 13.4. The van der Waals surface area contributed by atoms with Gasteiger partial charge in [-0.25, -0.2) is 4.98 Å². The number of aryl methyl sites for hydroxylation is 2. The second kappa shape index (κ2) is 5.45. The van der Waals surface area contributed by atoms with Crippen molar-refractivity contribution in [3.63, 3.8) is 0 Å². The Morgan fingerprint density at radius 3 is 2.50 bits per heavy atom. The minimum Gasteiger partial charge on any atom is -0.333 e. The predicted octanol–water partition coefficient (Wildman–Crippen LogP) is 2.46. The summed E-state index contributed by atoms with van der Waals surface area (Å²) < 4.78 is 0. The first-order chi connectivity index (χ1) is 9.58. The highest BCUT2D eigenvalue weighted by Gasteiger charge is 2.39. The zero-order chi connectivity index (χ0) is 14.3. The van der Waals surface area contributed by atoms with Crippen molar-refractivity contribution in [2.75, 3.05) is 20.1 Å². The molecular weight excluding hydrogens is 270 g/mol. The number of likely N-dealkylation sites (N-methyl/N-ethyl adjacent to an activating group) is 1. The molecule has 2 saturated heterocycles. The minimum atomic E-state index is 0.205. The van der Waals surface area contributed by atoms with Crippen LogP contribution in [0.4, 0.5) is 0 Å². The fraction of sp³-hybridized carbons (Fsp3) is 0.733. The van der Waals surface area contributed by atoms with Gasteiger partial charge in [0, 0.05) is 18.6 Å². The molecule has 0 spiro atoms. The zero-order valence-electron chi connectivity index (χ0n) is 12.6. The molecule has 0 unspecified atom stereocenters. The van der Waals surface area contributed by atoms with Gasteiger partial charge < -0.3 is 9.80 Å². The van der Waals surface area contributed by atoms with E-state index in [1.54, 1.807) is 0 Å². The highest BCUT2D eigenvalue weighted by Crippen LogP contribution is 2.31. The van der Waals surface area contributed by atoms with Crippen LogP contribution in [0.25, 0.3) is 0 Å². The molecule has 2 fully saturated rings. The van der Waals surface area contributed by atoms with Gasteiger partial charge in [-0.05, 0) is 53.1 Å². The van der Waals surface area contributed by atoms with Gasteiger partial charge >= 0.3 is 0 Å². The van der Waals surface area contributed by atoms with E-state index in [1.807, 2.05) is 13.8 Å². The van der Waals surface area contributed by atoms with Crippen molar-refractivity contribution in [2.45, 2.75) is 51.6 Å². The summed E-state index contributed by atoms with van der Waals surface area (Å²) in [4.78, 5) is 22.6. The molecule has 0 radical (unpaired) electrons. The lowest BCUT2D eigenvalue weighted by molar-refractivity contribution is 0.0668. The summed E-state index contributed by atoms with van der Waals surface area (Å²) in [6, 6.07) is 0.951. The van der Waals surface area contributed by atoms with E-state index in [-0.39, 0.29) is 5.91 Å². The number of amides is 1. The number of carbonyl (C=O) groups excluding carboxylic acids is 1. The Balaban J connectivity index is 1.81. The van der Waals surface area contributed by atoms with Gasteiger partial charge in [0.15, 0.2) is 0 Å². The first-order valence-electron chi connectivity index (χ1n) is 7.53. The van der Waals surface area contributed by atoms with Crippen LogP contribution in [-0.4, -0.2) is 52.9 Å². The summed E-state index contributed by atoms with van der Waals surface area (Å²) >= 11 is 1.54. The monoisotopic (exact) mass is 293 g/mol. The van der Waals surface area contributed by atoms with Crippen LogP contribution in [0.15, 0.2) is 0 Å². The van der Waals surface area contributed by atoms with Gasteiger partial charge in [0.1, 0.15) is 4.88 Å². The molecule has 1 amide bonds. The number of hydrogen-bond acceptors (Lipinski definition) is 4. The second-order valence-corrected chi connectivity index (χ2v) is 7.25. The molecule has 2 aliphatic heterocycles. The Morgan fingerprint density at radius 2 is 1.90 bits per heavy atom. The predicted molar refractivity (Wildman–Crippen MR) is 81.3 cm³/mol. The number of likely N-dealkylation sites (tertiary alicyclic amines) is 2. The Morgan fingerprint density at radius 1 is 1.20 bits per heavy atom. The van der Waals surface area contributed by atoms with Crippen molar-refractivity contribution in [3.05, 3.63) is 15.6 Å². The Bertz CT molecular complexity index is 513. The van der Waals surface area contributed by atoms with E-state index in [1.165, 1.54) is 30.7 Å². The number of hydrogen-bond donors (Lipinski definition) is 0. The third-order valence-electron chi connectivity index (χ3n) is 4.68. The van der Waals surface area contributed by atoms with Crippen LogP contribution in [0, 0.1) is 13.8 Å². The molecule has 0 aliphatic carbocycles. The molecule has 1 aromatic heterocycles. The maximum atomic E-state index is 12.8. The number of carbonyl (C=O) groups is 1. The van der Waals surface area contributed by atoms with Crippen molar-refractivity contribution < 1.29 is 4.79 Å². The van der Waals surface area contributed by atoms with E-state index in [9.17, 15) is 4.79 Å². The first-order valence-corrected chi connectivity index (χ1v) is 8.35. The lowest BCUT2D eigenvalue weighted by Gasteiger charge is -2.33. The largest absolute Gasteiger partial charge is 0.333 e. The second-order valence-electron chi connectivity index (χ2n) is 6.05. The third kappa shape index (κ3) is 2.37. The maximum absolute atomic E-state index is 12.8. The van der Waals surface area contributed by atoms with Crippen LogP contribution >= 0.6 is 11.3 Å². The van der Waals surface area contributed by atoms with Crippen molar-refractivity contribution in [1.29, 1.82) is 0 Å². The number of nitrogens with zero attached hydrogens (tertiary/aromatic N) is 3. The fourth-order valence-corrected chi connectivity index (χ4v) is 4.60. The molecule has 2 atom stereocenters. The van der Waals surface area contributed by atoms with Gasteiger partial charge in [0.05, 0.1) is 10.7 Å². The summed E-state index contributed by atoms with van der Waals surface area (Å²) in [6.45, 7) is 6.00. The van der Waals surface area contributed by atoms with Crippen LogP contribution in [0.5, 0.6) is 0 Å². The summed E-state index contributed by atoms with van der Waals surface area (Å²) in [5.74, 6) is 0.205. The van der Waals surface area contributed by atoms with Crippen molar-refractivity contribution in [3.8, 4) is 0 Å². The van der Waals surface area contributed by atoms with Crippen LogP contribution in [0.1, 0.15) is 46.1 Å². The number of rotatable bonds is 2. The van der Waals surface area contributed by atoms with E-state index in [4.69, 9.17) is 0 Å². The molecule has 5 heteroatoms. The lowest BCUT2D eigenvalue weighted by atomic mass is 10.0. The van der Waals surface area contributed by atoms with E-state index in [0.717, 1.165) is 35.0 Å². The fourth-order valence-electron chi connectivity index (χ4n) is 3.73. The molecule has 20 heavy (non-hydrogen) atoms. The SMILES string of the molecule is Cc1nc(C)c(C(=O)N2CCC[C@H]2[C@H]2CCCN2C)s1. The van der Waals surface area contributed by atoms with Gasteiger partial charge in [-0.3, -0.25) is 4.79 Å². The molecule has 0 N–H and O–H groups in total. The molecule has 0 bridgehead atoms. The molecule has 2 aliphatic rings. The number of aromatic nitrogens is 1. The standard InChI is InChI=1S/C15H23N3OS/c1-10-14(20-11(2)16-10)15(19)18-9-5-7-13(18)12-6-4-8-17(12)3/h12-13H,4-9H2,1-3H3/t12-,13+/m1/s1. The Labute approximate surface area is 124 Å². The third-order valence-corrected chi connectivity index (χ3v) is 5.74. The van der Waals surface area contributed by atoms with Crippen molar-refractivity contribution >= 4 is 17.2 Å². The smallest absolute Gasteiger partial charge is 0.266 e. The lowest BCUT2D eigenvalue weighted by Crippen LogP contribution is -2.47. The van der Waals surface area contributed by atoms with E-state index < -0.39 is 0 Å². The summed E-state index contributed by atoms with van der Waals surface area (Å²) in [5, 5.41) is 0.986. The minimum absolute atomic E-state index is 0.205. The summed E-state index contributed by atoms with van der Waals surface area (Å²) in [6.07, 6.45) is 4.78. The highest BCUT2D eigenvalue weighted by atomic mass is 32.1. The average molecular weight is 293 g/mol. The number of thiazole rings is 1. The van der Waals surface area contributed by atoms with Crippen molar-refractivity contribution in [1.82, 2.24) is 14.8 Å². The summed E-state index contributed by atoms with van der Waals surface area (Å²) in [5.41, 5.74) is 0.892. The first kappa shape index (κ1) is 14.0. The Hall–Kier alpha value is -0.940. The molecule has 0 saturated carbocycles. The van der Waals surface area contributed by atoms with Crippen molar-refractivity contribution in [2.24, 2.45) is 0 Å². The van der Waals surface area contributed by atoms with Gasteiger partial charge in [-0.1, -0.05) is 0 Å².